The Labute approximate surface area is 172 Å². The van der Waals surface area contributed by atoms with Gasteiger partial charge in [-0.15, -0.1) is 24.8 Å². The first-order chi connectivity index (χ1) is 11.4. The molecule has 1 unspecified atom stereocenters. The van der Waals surface area contributed by atoms with Crippen molar-refractivity contribution in [1.82, 2.24) is 15.5 Å². The number of ether oxygens (including phenoxy) is 1. The van der Waals surface area contributed by atoms with Crippen molar-refractivity contribution >= 4 is 30.7 Å². The van der Waals surface area contributed by atoms with Gasteiger partial charge in [0, 0.05) is 25.7 Å². The zero-order valence-corrected chi connectivity index (χ0v) is 18.6. The van der Waals surface area contributed by atoms with Gasteiger partial charge in [0.1, 0.15) is 0 Å². The Hall–Kier alpha value is -0.0700. The number of hydrogen-bond donors (Lipinski definition) is 2. The van der Waals surface area contributed by atoms with Gasteiger partial charge >= 0.3 is 0 Å². The van der Waals surface area contributed by atoms with Crippen LogP contribution in [0.1, 0.15) is 52.9 Å². The third-order valence-electron chi connectivity index (χ3n) is 6.10. The molecule has 2 fully saturated rings. The summed E-state index contributed by atoms with van der Waals surface area (Å²) in [7, 11) is 1.69. The maximum atomic E-state index is 12.9. The van der Waals surface area contributed by atoms with E-state index in [1.807, 2.05) is 0 Å². The van der Waals surface area contributed by atoms with Gasteiger partial charge in [0.2, 0.25) is 5.91 Å². The lowest BCUT2D eigenvalue weighted by molar-refractivity contribution is -0.136. The Morgan fingerprint density at radius 3 is 2.54 bits per heavy atom. The lowest BCUT2D eigenvalue weighted by atomic mass is 9.78. The number of nitrogens with zero attached hydrogens (tertiary/aromatic N) is 1. The summed E-state index contributed by atoms with van der Waals surface area (Å²) < 4.78 is 5.38. The van der Waals surface area contributed by atoms with Gasteiger partial charge in [-0.3, -0.25) is 9.69 Å². The normalized spacial score (nSPS) is 23.5. The first kappa shape index (κ1) is 25.9. The average molecular weight is 412 g/mol. The predicted octanol–water partition coefficient (Wildman–Crippen LogP) is 2.86. The molecule has 0 aromatic carbocycles. The fraction of sp³-hybridized carbons (Fsp3) is 0.947. The molecule has 2 saturated heterocycles. The number of halogens is 2. The second-order valence-electron chi connectivity index (χ2n) is 8.32. The van der Waals surface area contributed by atoms with E-state index in [4.69, 9.17) is 4.74 Å². The van der Waals surface area contributed by atoms with Crippen molar-refractivity contribution in [2.45, 2.75) is 58.4 Å². The van der Waals surface area contributed by atoms with Crippen LogP contribution < -0.4 is 10.6 Å². The number of likely N-dealkylation sites (tertiary alicyclic amines) is 1. The first-order valence-electron chi connectivity index (χ1n) is 9.66. The molecule has 0 aliphatic carbocycles. The molecule has 2 aliphatic rings. The topological polar surface area (TPSA) is 53.6 Å². The molecule has 26 heavy (non-hydrogen) atoms. The van der Waals surface area contributed by atoms with Crippen molar-refractivity contribution in [3.63, 3.8) is 0 Å². The van der Waals surface area contributed by atoms with Crippen molar-refractivity contribution in [2.24, 2.45) is 11.3 Å². The number of rotatable bonds is 7. The lowest BCUT2D eigenvalue weighted by Gasteiger charge is -2.44. The maximum Gasteiger partial charge on any atom is 0.228 e. The van der Waals surface area contributed by atoms with Crippen molar-refractivity contribution in [3.05, 3.63) is 0 Å². The minimum Gasteiger partial charge on any atom is -0.384 e. The highest BCUT2D eigenvalue weighted by atomic mass is 35.5. The summed E-state index contributed by atoms with van der Waals surface area (Å²) in [4.78, 5) is 15.5. The van der Waals surface area contributed by atoms with Crippen molar-refractivity contribution in [1.29, 1.82) is 0 Å². The quantitative estimate of drug-likeness (QED) is 0.675. The Balaban J connectivity index is 0.00000312. The van der Waals surface area contributed by atoms with E-state index in [0.29, 0.717) is 13.2 Å². The smallest absolute Gasteiger partial charge is 0.228 e. The molecule has 0 bridgehead atoms. The van der Waals surface area contributed by atoms with Crippen LogP contribution in [0.2, 0.25) is 0 Å². The molecular weight excluding hydrogens is 373 g/mol. The SMILES string of the molecule is CCC1CCCN(C(C)(C)CNC(=O)C2(COC)CCNCC2)C1.Cl.Cl. The van der Waals surface area contributed by atoms with Crippen molar-refractivity contribution < 1.29 is 9.53 Å². The Kier molecular flexibility index (Phi) is 11.7. The molecule has 2 aliphatic heterocycles. The molecule has 0 aromatic heterocycles. The van der Waals surface area contributed by atoms with Gasteiger partial charge in [-0.25, -0.2) is 0 Å². The predicted molar refractivity (Wildman–Crippen MR) is 113 cm³/mol. The van der Waals surface area contributed by atoms with Crippen LogP contribution in [0.4, 0.5) is 0 Å². The Morgan fingerprint density at radius 2 is 1.96 bits per heavy atom. The van der Waals surface area contributed by atoms with E-state index in [1.54, 1.807) is 7.11 Å². The van der Waals surface area contributed by atoms with Gasteiger partial charge in [-0.1, -0.05) is 13.3 Å². The van der Waals surface area contributed by atoms with Crippen LogP contribution in [0.5, 0.6) is 0 Å². The number of piperidine rings is 2. The monoisotopic (exact) mass is 411 g/mol. The second kappa shape index (κ2) is 11.7. The third-order valence-corrected chi connectivity index (χ3v) is 6.10. The largest absolute Gasteiger partial charge is 0.384 e. The van der Waals surface area contributed by atoms with E-state index in [-0.39, 0.29) is 41.7 Å². The van der Waals surface area contributed by atoms with E-state index in [1.165, 1.54) is 19.3 Å². The summed E-state index contributed by atoms with van der Waals surface area (Å²) in [5, 5.41) is 6.60. The summed E-state index contributed by atoms with van der Waals surface area (Å²) in [5.41, 5.74) is -0.353. The summed E-state index contributed by atoms with van der Waals surface area (Å²) in [6, 6.07) is 0. The molecule has 1 atom stereocenters. The number of hydrogen-bond acceptors (Lipinski definition) is 4. The van der Waals surface area contributed by atoms with Crippen molar-refractivity contribution in [3.8, 4) is 0 Å². The average Bonchev–Trinajstić information content (AvgIpc) is 2.61. The molecule has 0 radical (unpaired) electrons. The molecule has 156 valence electrons. The van der Waals surface area contributed by atoms with E-state index in [0.717, 1.165) is 44.9 Å². The van der Waals surface area contributed by atoms with Crippen LogP contribution in [0.25, 0.3) is 0 Å². The first-order valence-corrected chi connectivity index (χ1v) is 9.66. The fourth-order valence-corrected chi connectivity index (χ4v) is 4.16. The van der Waals surface area contributed by atoms with Crippen LogP contribution in [0, 0.1) is 11.3 Å². The van der Waals surface area contributed by atoms with Gasteiger partial charge in [0.15, 0.2) is 0 Å². The minimum atomic E-state index is -0.357. The minimum absolute atomic E-state index is 0. The summed E-state index contributed by atoms with van der Waals surface area (Å²) in [5.74, 6) is 0.973. The van der Waals surface area contributed by atoms with E-state index in [9.17, 15) is 4.79 Å². The zero-order valence-electron chi connectivity index (χ0n) is 16.9. The molecular formula is C19H39Cl2N3O2. The molecule has 0 saturated carbocycles. The fourth-order valence-electron chi connectivity index (χ4n) is 4.16. The van der Waals surface area contributed by atoms with Crippen LogP contribution in [0.3, 0.4) is 0 Å². The van der Waals surface area contributed by atoms with Crippen molar-refractivity contribution in [2.75, 3.05) is 46.4 Å². The summed E-state index contributed by atoms with van der Waals surface area (Å²) in [6.07, 6.45) is 5.58. The molecule has 2 heterocycles. The lowest BCUT2D eigenvalue weighted by Crippen LogP contribution is -2.57. The Morgan fingerprint density at radius 1 is 1.31 bits per heavy atom. The van der Waals surface area contributed by atoms with E-state index < -0.39 is 0 Å². The van der Waals surface area contributed by atoms with Gasteiger partial charge in [-0.05, 0) is 65.1 Å². The van der Waals surface area contributed by atoms with Gasteiger partial charge in [-0.2, -0.15) is 0 Å². The number of carbonyl (C=O) groups is 1. The molecule has 2 N–H and O–H groups in total. The van der Waals surface area contributed by atoms with Gasteiger partial charge in [0.05, 0.1) is 12.0 Å². The second-order valence-corrected chi connectivity index (χ2v) is 8.32. The molecule has 1 amide bonds. The zero-order chi connectivity index (χ0) is 17.6. The van der Waals surface area contributed by atoms with Crippen LogP contribution in [0.15, 0.2) is 0 Å². The van der Waals surface area contributed by atoms with E-state index >= 15 is 0 Å². The van der Waals surface area contributed by atoms with Crippen LogP contribution in [-0.4, -0.2) is 62.8 Å². The highest BCUT2D eigenvalue weighted by Crippen LogP contribution is 2.30. The highest BCUT2D eigenvalue weighted by Gasteiger charge is 2.40. The summed E-state index contributed by atoms with van der Waals surface area (Å²) >= 11 is 0. The standard InChI is InChI=1S/C19H37N3O2.2ClH/c1-5-16-7-6-12-22(13-16)18(2,3)14-21-17(23)19(15-24-4)8-10-20-11-9-19;;/h16,20H,5-15H2,1-4H3,(H,21,23);2*1H. The molecule has 0 spiro atoms. The van der Waals surface area contributed by atoms with Crippen LogP contribution in [-0.2, 0) is 9.53 Å². The Bertz CT molecular complexity index is 410. The molecule has 0 aromatic rings. The molecule has 2 rings (SSSR count). The maximum absolute atomic E-state index is 12.9. The molecule has 7 heteroatoms. The summed E-state index contributed by atoms with van der Waals surface area (Å²) in [6.45, 7) is 12.1. The molecule has 5 nitrogen and oxygen atoms in total. The number of amides is 1. The highest BCUT2D eigenvalue weighted by molar-refractivity contribution is 5.85. The van der Waals surface area contributed by atoms with E-state index in [2.05, 4.69) is 36.3 Å². The number of methoxy groups -OCH3 is 1. The van der Waals surface area contributed by atoms with Crippen LogP contribution >= 0.6 is 24.8 Å². The third kappa shape index (κ3) is 6.52. The van der Waals surface area contributed by atoms with Gasteiger partial charge in [0.25, 0.3) is 0 Å². The number of carbonyl (C=O) groups excluding carboxylic acids is 1. The van der Waals surface area contributed by atoms with Gasteiger partial charge < -0.3 is 15.4 Å². The number of nitrogens with one attached hydrogen (secondary N) is 2.